The van der Waals surface area contributed by atoms with E-state index in [9.17, 15) is 0 Å². The maximum atomic E-state index is 3.58. The molecule has 2 aliphatic heterocycles. The van der Waals surface area contributed by atoms with Gasteiger partial charge >= 0.3 is 0 Å². The molecule has 1 N–H and O–H groups in total. The van der Waals surface area contributed by atoms with Gasteiger partial charge in [0.25, 0.3) is 0 Å². The molecule has 0 aromatic rings. The minimum absolute atomic E-state index is 0.317. The van der Waals surface area contributed by atoms with Crippen molar-refractivity contribution in [1.82, 2.24) is 10.2 Å². The molecule has 0 saturated carbocycles. The Morgan fingerprint density at radius 3 is 2.93 bits per heavy atom. The van der Waals surface area contributed by atoms with Crippen LogP contribution in [0.5, 0.6) is 0 Å². The summed E-state index contributed by atoms with van der Waals surface area (Å²) in [4.78, 5) is 2.65. The zero-order valence-corrected chi connectivity index (χ0v) is 10.9. The zero-order valence-electron chi connectivity index (χ0n) is 10.1. The second-order valence-electron chi connectivity index (χ2n) is 5.53. The van der Waals surface area contributed by atoms with Crippen molar-refractivity contribution in [1.29, 1.82) is 0 Å². The van der Waals surface area contributed by atoms with Gasteiger partial charge in [-0.05, 0) is 32.4 Å². The highest BCUT2D eigenvalue weighted by Gasteiger charge is 2.27. The Hall–Kier alpha value is 0.270. The Labute approximate surface area is 98.2 Å². The topological polar surface area (TPSA) is 15.3 Å². The van der Waals surface area contributed by atoms with Crippen molar-refractivity contribution in [3.05, 3.63) is 0 Å². The van der Waals surface area contributed by atoms with Crippen molar-refractivity contribution in [3.63, 3.8) is 0 Å². The first-order valence-electron chi connectivity index (χ1n) is 6.25. The van der Waals surface area contributed by atoms with Gasteiger partial charge in [0.15, 0.2) is 0 Å². The van der Waals surface area contributed by atoms with E-state index in [1.807, 2.05) is 0 Å². The first-order chi connectivity index (χ1) is 7.16. The molecule has 0 aliphatic carbocycles. The third-order valence-corrected chi connectivity index (χ3v) is 4.77. The second kappa shape index (κ2) is 5.07. The number of hydrogen-bond donors (Lipinski definition) is 1. The third kappa shape index (κ3) is 3.65. The van der Waals surface area contributed by atoms with Crippen LogP contribution < -0.4 is 5.32 Å². The monoisotopic (exact) mass is 228 g/mol. The molecule has 2 rings (SSSR count). The van der Waals surface area contributed by atoms with E-state index in [1.54, 1.807) is 0 Å². The minimum Gasteiger partial charge on any atom is -0.309 e. The summed E-state index contributed by atoms with van der Waals surface area (Å²) in [7, 11) is 0. The van der Waals surface area contributed by atoms with Gasteiger partial charge in [0.2, 0.25) is 0 Å². The quantitative estimate of drug-likeness (QED) is 0.778. The number of piperazine rings is 1. The van der Waals surface area contributed by atoms with Crippen LogP contribution in [0.2, 0.25) is 0 Å². The summed E-state index contributed by atoms with van der Waals surface area (Å²) in [6, 6.07) is 0. The van der Waals surface area contributed by atoms with E-state index < -0.39 is 0 Å². The SMILES string of the molecule is CC1(C)CN(CC2CCCCS2)CCN1. The molecule has 0 spiro atoms. The summed E-state index contributed by atoms with van der Waals surface area (Å²) in [5.74, 6) is 1.39. The molecule has 2 heterocycles. The maximum Gasteiger partial charge on any atom is 0.0252 e. The Kier molecular flexibility index (Phi) is 3.97. The molecule has 0 aromatic heterocycles. The maximum absolute atomic E-state index is 3.58. The Balaban J connectivity index is 1.78. The van der Waals surface area contributed by atoms with Crippen LogP contribution in [0.15, 0.2) is 0 Å². The second-order valence-corrected chi connectivity index (χ2v) is 6.94. The van der Waals surface area contributed by atoms with E-state index in [1.165, 1.54) is 44.6 Å². The molecule has 1 atom stereocenters. The van der Waals surface area contributed by atoms with E-state index >= 15 is 0 Å². The lowest BCUT2D eigenvalue weighted by molar-refractivity contribution is 0.154. The zero-order chi connectivity index (χ0) is 10.7. The van der Waals surface area contributed by atoms with Gasteiger partial charge in [-0.15, -0.1) is 0 Å². The summed E-state index contributed by atoms with van der Waals surface area (Å²) >= 11 is 2.19. The van der Waals surface area contributed by atoms with Crippen LogP contribution in [0.3, 0.4) is 0 Å². The lowest BCUT2D eigenvalue weighted by Gasteiger charge is -2.40. The van der Waals surface area contributed by atoms with Gasteiger partial charge in [-0.2, -0.15) is 11.8 Å². The predicted molar refractivity (Wildman–Crippen MR) is 68.6 cm³/mol. The highest BCUT2D eigenvalue weighted by Crippen LogP contribution is 2.26. The van der Waals surface area contributed by atoms with Gasteiger partial charge in [0, 0.05) is 37.0 Å². The molecule has 15 heavy (non-hydrogen) atoms. The van der Waals surface area contributed by atoms with Crippen molar-refractivity contribution in [2.45, 2.75) is 43.9 Å². The Morgan fingerprint density at radius 2 is 2.27 bits per heavy atom. The first kappa shape index (κ1) is 11.7. The van der Waals surface area contributed by atoms with E-state index in [0.29, 0.717) is 5.54 Å². The normalized spacial score (nSPS) is 32.8. The molecule has 2 nitrogen and oxygen atoms in total. The molecule has 0 aromatic carbocycles. The number of nitrogens with zero attached hydrogens (tertiary/aromatic N) is 1. The minimum atomic E-state index is 0.317. The molecule has 3 heteroatoms. The molecule has 2 fully saturated rings. The van der Waals surface area contributed by atoms with Crippen LogP contribution in [0.1, 0.15) is 33.1 Å². The summed E-state index contributed by atoms with van der Waals surface area (Å²) in [6.45, 7) is 9.55. The number of hydrogen-bond acceptors (Lipinski definition) is 3. The first-order valence-corrected chi connectivity index (χ1v) is 7.30. The number of nitrogens with one attached hydrogen (secondary N) is 1. The standard InChI is InChI=1S/C12H24N2S/c1-12(2)10-14(7-6-13-12)9-11-5-3-4-8-15-11/h11,13H,3-10H2,1-2H3. The van der Waals surface area contributed by atoms with Crippen LogP contribution in [-0.2, 0) is 0 Å². The summed E-state index contributed by atoms with van der Waals surface area (Å²) in [5.41, 5.74) is 0.317. The van der Waals surface area contributed by atoms with Gasteiger partial charge in [0.1, 0.15) is 0 Å². The average Bonchev–Trinajstić information content (AvgIpc) is 2.17. The fraction of sp³-hybridized carbons (Fsp3) is 1.00. The van der Waals surface area contributed by atoms with E-state index in [-0.39, 0.29) is 0 Å². The smallest absolute Gasteiger partial charge is 0.0252 e. The van der Waals surface area contributed by atoms with Gasteiger partial charge in [0.05, 0.1) is 0 Å². The predicted octanol–water partition coefficient (Wildman–Crippen LogP) is 1.96. The van der Waals surface area contributed by atoms with Crippen molar-refractivity contribution < 1.29 is 0 Å². The lowest BCUT2D eigenvalue weighted by atomic mass is 10.0. The van der Waals surface area contributed by atoms with Crippen LogP contribution in [0, 0.1) is 0 Å². The fourth-order valence-electron chi connectivity index (χ4n) is 2.64. The molecule has 2 aliphatic rings. The van der Waals surface area contributed by atoms with Crippen molar-refractivity contribution >= 4 is 11.8 Å². The van der Waals surface area contributed by atoms with Gasteiger partial charge < -0.3 is 5.32 Å². The molecule has 2 saturated heterocycles. The van der Waals surface area contributed by atoms with E-state index in [0.717, 1.165) is 11.8 Å². The van der Waals surface area contributed by atoms with Gasteiger partial charge in [-0.3, -0.25) is 4.90 Å². The average molecular weight is 228 g/mol. The van der Waals surface area contributed by atoms with Crippen LogP contribution >= 0.6 is 11.8 Å². The van der Waals surface area contributed by atoms with E-state index in [4.69, 9.17) is 0 Å². The van der Waals surface area contributed by atoms with Crippen LogP contribution in [-0.4, -0.2) is 47.6 Å². The van der Waals surface area contributed by atoms with E-state index in [2.05, 4.69) is 35.8 Å². The summed E-state index contributed by atoms with van der Waals surface area (Å²) in [5, 5.41) is 4.49. The number of thioether (sulfide) groups is 1. The summed E-state index contributed by atoms with van der Waals surface area (Å²) < 4.78 is 0. The molecule has 88 valence electrons. The van der Waals surface area contributed by atoms with Crippen LogP contribution in [0.4, 0.5) is 0 Å². The number of rotatable bonds is 2. The van der Waals surface area contributed by atoms with Crippen LogP contribution in [0.25, 0.3) is 0 Å². The third-order valence-electron chi connectivity index (χ3n) is 3.39. The Bertz CT molecular complexity index is 200. The van der Waals surface area contributed by atoms with Gasteiger partial charge in [-0.25, -0.2) is 0 Å². The Morgan fingerprint density at radius 1 is 1.40 bits per heavy atom. The molecular formula is C12H24N2S. The largest absolute Gasteiger partial charge is 0.309 e. The van der Waals surface area contributed by atoms with Crippen molar-refractivity contribution in [2.24, 2.45) is 0 Å². The highest BCUT2D eigenvalue weighted by atomic mass is 32.2. The van der Waals surface area contributed by atoms with Crippen molar-refractivity contribution in [2.75, 3.05) is 31.9 Å². The fourth-order valence-corrected chi connectivity index (χ4v) is 4.00. The lowest BCUT2D eigenvalue weighted by Crippen LogP contribution is -2.57. The summed E-state index contributed by atoms with van der Waals surface area (Å²) in [6.07, 6.45) is 4.33. The molecule has 0 radical (unpaired) electrons. The molecule has 1 unspecified atom stereocenters. The molecule has 0 bridgehead atoms. The van der Waals surface area contributed by atoms with Crippen molar-refractivity contribution in [3.8, 4) is 0 Å². The molecular weight excluding hydrogens is 204 g/mol. The highest BCUT2D eigenvalue weighted by molar-refractivity contribution is 7.99. The molecule has 0 amide bonds. The van der Waals surface area contributed by atoms with Gasteiger partial charge in [-0.1, -0.05) is 6.42 Å².